The summed E-state index contributed by atoms with van der Waals surface area (Å²) >= 11 is 12.1. The Morgan fingerprint density at radius 3 is 2.42 bits per heavy atom. The second kappa shape index (κ2) is 5.68. The molecule has 0 atom stereocenters. The van der Waals surface area contributed by atoms with E-state index in [0.29, 0.717) is 16.2 Å². The van der Waals surface area contributed by atoms with Crippen LogP contribution < -0.4 is 0 Å². The lowest BCUT2D eigenvalue weighted by atomic mass is 9.89. The molecular weight excluding hydrogens is 281 g/mol. The maximum Gasteiger partial charge on any atom is 0.158 e. The molecular formula is C14H17Cl2N3. The molecule has 1 saturated carbocycles. The van der Waals surface area contributed by atoms with Gasteiger partial charge in [0, 0.05) is 18.1 Å². The van der Waals surface area contributed by atoms with E-state index in [9.17, 15) is 0 Å². The monoisotopic (exact) mass is 297 g/mol. The predicted molar refractivity (Wildman–Crippen MR) is 78.1 cm³/mol. The zero-order valence-corrected chi connectivity index (χ0v) is 12.3. The molecule has 3 rings (SSSR count). The van der Waals surface area contributed by atoms with Crippen molar-refractivity contribution in [1.29, 1.82) is 0 Å². The summed E-state index contributed by atoms with van der Waals surface area (Å²) in [6.07, 6.45) is 9.08. The van der Waals surface area contributed by atoms with Crippen LogP contribution in [0.5, 0.6) is 0 Å². The summed E-state index contributed by atoms with van der Waals surface area (Å²) < 4.78 is 1.68. The zero-order chi connectivity index (χ0) is 13.2. The molecule has 1 fully saturated rings. The van der Waals surface area contributed by atoms with E-state index in [-0.39, 0.29) is 0 Å². The van der Waals surface area contributed by atoms with Crippen molar-refractivity contribution in [1.82, 2.24) is 14.6 Å². The van der Waals surface area contributed by atoms with Crippen molar-refractivity contribution < 1.29 is 0 Å². The van der Waals surface area contributed by atoms with E-state index in [1.54, 1.807) is 10.6 Å². The van der Waals surface area contributed by atoms with Gasteiger partial charge in [-0.05, 0) is 12.8 Å². The van der Waals surface area contributed by atoms with Crippen LogP contribution in [-0.4, -0.2) is 14.6 Å². The van der Waals surface area contributed by atoms with Gasteiger partial charge >= 0.3 is 0 Å². The number of hydrogen-bond donors (Lipinski definition) is 0. The van der Waals surface area contributed by atoms with Gasteiger partial charge in [0.2, 0.25) is 0 Å². The second-order valence-electron chi connectivity index (χ2n) is 5.28. The summed E-state index contributed by atoms with van der Waals surface area (Å²) in [6, 6.07) is 3.66. The van der Waals surface area contributed by atoms with Crippen LogP contribution >= 0.6 is 23.2 Å². The third kappa shape index (κ3) is 2.87. The number of rotatable bonds is 1. The van der Waals surface area contributed by atoms with E-state index in [4.69, 9.17) is 23.2 Å². The first-order valence-electron chi connectivity index (χ1n) is 6.96. The van der Waals surface area contributed by atoms with Crippen LogP contribution in [0.1, 0.15) is 56.6 Å². The molecule has 0 unspecified atom stereocenters. The molecule has 102 valence electrons. The first kappa shape index (κ1) is 13.2. The van der Waals surface area contributed by atoms with Gasteiger partial charge in [-0.3, -0.25) is 0 Å². The number of nitrogens with zero attached hydrogens (tertiary/aromatic N) is 3. The van der Waals surface area contributed by atoms with E-state index in [2.05, 4.69) is 10.1 Å². The van der Waals surface area contributed by atoms with Crippen LogP contribution in [0.15, 0.2) is 12.1 Å². The van der Waals surface area contributed by atoms with Gasteiger partial charge in [-0.15, -0.1) is 0 Å². The highest BCUT2D eigenvalue weighted by atomic mass is 35.5. The molecule has 19 heavy (non-hydrogen) atoms. The molecule has 3 nitrogen and oxygen atoms in total. The van der Waals surface area contributed by atoms with Crippen LogP contribution in [0.25, 0.3) is 5.65 Å². The first-order valence-corrected chi connectivity index (χ1v) is 7.71. The Morgan fingerprint density at radius 1 is 1.00 bits per heavy atom. The Morgan fingerprint density at radius 2 is 1.68 bits per heavy atom. The number of fused-ring (bicyclic) bond motifs is 1. The molecule has 1 aliphatic rings. The lowest BCUT2D eigenvalue weighted by molar-refractivity contribution is 0.448. The molecule has 0 spiro atoms. The summed E-state index contributed by atoms with van der Waals surface area (Å²) in [7, 11) is 0. The number of hydrogen-bond acceptors (Lipinski definition) is 2. The van der Waals surface area contributed by atoms with Crippen LogP contribution in [0, 0.1) is 0 Å². The van der Waals surface area contributed by atoms with E-state index in [0.717, 1.165) is 11.3 Å². The molecule has 0 aromatic carbocycles. The van der Waals surface area contributed by atoms with Crippen molar-refractivity contribution in [2.45, 2.75) is 50.9 Å². The fourth-order valence-electron chi connectivity index (χ4n) is 2.88. The Balaban J connectivity index is 1.93. The van der Waals surface area contributed by atoms with Crippen molar-refractivity contribution in [3.63, 3.8) is 0 Å². The van der Waals surface area contributed by atoms with Crippen LogP contribution in [0.2, 0.25) is 10.3 Å². The van der Waals surface area contributed by atoms with E-state index in [1.165, 1.54) is 44.9 Å². The smallest absolute Gasteiger partial charge is 0.158 e. The minimum absolute atomic E-state index is 0.418. The topological polar surface area (TPSA) is 30.2 Å². The summed E-state index contributed by atoms with van der Waals surface area (Å²) in [4.78, 5) is 4.28. The van der Waals surface area contributed by atoms with Gasteiger partial charge in [0.1, 0.15) is 10.3 Å². The lowest BCUT2D eigenvalue weighted by Gasteiger charge is -2.17. The zero-order valence-electron chi connectivity index (χ0n) is 10.8. The van der Waals surface area contributed by atoms with Crippen LogP contribution in [0.4, 0.5) is 0 Å². The number of halogens is 2. The number of aromatic nitrogens is 3. The Kier molecular flexibility index (Phi) is 3.94. The normalized spacial score (nSPS) is 18.4. The highest BCUT2D eigenvalue weighted by Gasteiger charge is 2.18. The van der Waals surface area contributed by atoms with E-state index < -0.39 is 0 Å². The summed E-state index contributed by atoms with van der Waals surface area (Å²) in [5, 5.41) is 5.55. The third-order valence-corrected chi connectivity index (χ3v) is 4.36. The molecule has 0 amide bonds. The first-order chi connectivity index (χ1) is 9.24. The van der Waals surface area contributed by atoms with Crippen molar-refractivity contribution in [2.24, 2.45) is 0 Å². The molecule has 2 heterocycles. The standard InChI is InChI=1S/C14H17Cl2N3/c15-12-9-13(16)19-14(17-12)8-11(18-19)10-6-4-2-1-3-5-7-10/h8-10H,1-7H2. The van der Waals surface area contributed by atoms with Crippen LogP contribution in [0.3, 0.4) is 0 Å². The average molecular weight is 298 g/mol. The quantitative estimate of drug-likeness (QED) is 0.703. The van der Waals surface area contributed by atoms with Gasteiger partial charge in [0.05, 0.1) is 5.69 Å². The highest BCUT2D eigenvalue weighted by Crippen LogP contribution is 2.31. The fourth-order valence-corrected chi connectivity index (χ4v) is 3.35. The van der Waals surface area contributed by atoms with Crippen molar-refractivity contribution >= 4 is 28.8 Å². The molecule has 2 aromatic rings. The van der Waals surface area contributed by atoms with Gasteiger partial charge in [-0.2, -0.15) is 5.10 Å². The van der Waals surface area contributed by atoms with Gasteiger partial charge in [0.25, 0.3) is 0 Å². The van der Waals surface area contributed by atoms with Crippen molar-refractivity contribution in [2.75, 3.05) is 0 Å². The molecule has 0 N–H and O–H groups in total. The highest BCUT2D eigenvalue weighted by molar-refractivity contribution is 6.33. The molecule has 0 bridgehead atoms. The summed E-state index contributed by atoms with van der Waals surface area (Å²) in [6.45, 7) is 0. The minimum Gasteiger partial charge on any atom is -0.217 e. The second-order valence-corrected chi connectivity index (χ2v) is 6.06. The Hall–Kier alpha value is -0.800. The summed E-state index contributed by atoms with van der Waals surface area (Å²) in [5.74, 6) is 0.539. The molecule has 2 aromatic heterocycles. The van der Waals surface area contributed by atoms with Gasteiger partial charge in [0.15, 0.2) is 5.65 Å². The van der Waals surface area contributed by atoms with Gasteiger partial charge < -0.3 is 0 Å². The van der Waals surface area contributed by atoms with E-state index >= 15 is 0 Å². The van der Waals surface area contributed by atoms with Crippen molar-refractivity contribution in [3.05, 3.63) is 28.1 Å². The van der Waals surface area contributed by atoms with E-state index in [1.807, 2.05) is 6.07 Å². The Labute approximate surface area is 122 Å². The average Bonchev–Trinajstić information content (AvgIpc) is 2.72. The maximum absolute atomic E-state index is 6.15. The lowest BCUT2D eigenvalue weighted by Crippen LogP contribution is -2.03. The molecule has 0 saturated heterocycles. The molecule has 0 aliphatic heterocycles. The largest absolute Gasteiger partial charge is 0.217 e. The molecule has 1 aliphatic carbocycles. The SMILES string of the molecule is Clc1cc(Cl)n2nc(C3CCCCCCC3)cc2n1. The van der Waals surface area contributed by atoms with Gasteiger partial charge in [-0.25, -0.2) is 9.50 Å². The minimum atomic E-state index is 0.418. The third-order valence-electron chi connectivity index (χ3n) is 3.89. The van der Waals surface area contributed by atoms with Gasteiger partial charge in [-0.1, -0.05) is 55.3 Å². The van der Waals surface area contributed by atoms with Crippen LogP contribution in [-0.2, 0) is 0 Å². The summed E-state index contributed by atoms with van der Waals surface area (Å²) in [5.41, 5.74) is 1.85. The fraction of sp³-hybridized carbons (Fsp3) is 0.571. The molecule has 0 radical (unpaired) electrons. The maximum atomic E-state index is 6.15. The molecule has 5 heteroatoms. The predicted octanol–water partition coefficient (Wildman–Crippen LogP) is 4.86. The van der Waals surface area contributed by atoms with Crippen molar-refractivity contribution in [3.8, 4) is 0 Å². The Bertz CT molecular complexity index is 571.